The van der Waals surface area contributed by atoms with E-state index < -0.39 is 4.92 Å². The zero-order valence-electron chi connectivity index (χ0n) is 15.5. The Bertz CT molecular complexity index is 1090. The van der Waals surface area contributed by atoms with Gasteiger partial charge in [0.2, 0.25) is 5.91 Å². The van der Waals surface area contributed by atoms with Crippen LogP contribution in [0.3, 0.4) is 0 Å². The van der Waals surface area contributed by atoms with E-state index in [0.717, 1.165) is 20.9 Å². The predicted molar refractivity (Wildman–Crippen MR) is 122 cm³/mol. The lowest BCUT2D eigenvalue weighted by Crippen LogP contribution is -2.18. The zero-order valence-corrected chi connectivity index (χ0v) is 18.7. The number of rotatable bonds is 8. The molecule has 10 heteroatoms. The first kappa shape index (κ1) is 21.9. The summed E-state index contributed by atoms with van der Waals surface area (Å²) in [5.74, 6) is 1.27. The van der Waals surface area contributed by atoms with Crippen LogP contribution in [0.25, 0.3) is 10.2 Å². The van der Waals surface area contributed by atoms with Gasteiger partial charge in [0.05, 0.1) is 15.1 Å². The zero-order chi connectivity index (χ0) is 20.8. The van der Waals surface area contributed by atoms with E-state index in [-0.39, 0.29) is 11.6 Å². The molecule has 6 nitrogen and oxygen atoms in total. The number of halogens is 1. The number of hydrogen-bond donors (Lipinski definition) is 0. The van der Waals surface area contributed by atoms with Crippen molar-refractivity contribution in [3.63, 3.8) is 0 Å². The first-order chi connectivity index (χ1) is 14.0. The van der Waals surface area contributed by atoms with Gasteiger partial charge in [-0.15, -0.1) is 11.8 Å². The number of hydrogen-bond acceptors (Lipinski definition) is 6. The Labute approximate surface area is 185 Å². The molecule has 0 unspecified atom stereocenters. The lowest BCUT2D eigenvalue weighted by molar-refractivity contribution is -0.384. The monoisotopic (exact) mass is 467 g/mol. The van der Waals surface area contributed by atoms with Gasteiger partial charge in [0.15, 0.2) is 4.80 Å². The number of thioether (sulfide) groups is 2. The smallest absolute Gasteiger partial charge is 0.270 e. The maximum absolute atomic E-state index is 12.4. The van der Waals surface area contributed by atoms with Gasteiger partial charge in [-0.2, -0.15) is 16.8 Å². The molecule has 0 aliphatic rings. The van der Waals surface area contributed by atoms with E-state index in [0.29, 0.717) is 28.5 Å². The van der Waals surface area contributed by atoms with Crippen LogP contribution in [-0.4, -0.2) is 33.2 Å². The third kappa shape index (κ3) is 5.85. The van der Waals surface area contributed by atoms with E-state index >= 15 is 0 Å². The number of non-ortho nitro benzene ring substituents is 1. The van der Waals surface area contributed by atoms with Gasteiger partial charge in [0.1, 0.15) is 0 Å². The van der Waals surface area contributed by atoms with Gasteiger partial charge in [-0.25, -0.2) is 0 Å². The van der Waals surface area contributed by atoms with Crippen LogP contribution in [0, 0.1) is 10.1 Å². The number of aryl methyl sites for hydroxylation is 1. The maximum Gasteiger partial charge on any atom is 0.270 e. The second-order valence-corrected chi connectivity index (χ2v) is 9.60. The number of amides is 1. The van der Waals surface area contributed by atoms with Crippen LogP contribution in [0.1, 0.15) is 6.42 Å². The molecular weight excluding hydrogens is 450 g/mol. The molecule has 0 saturated heterocycles. The van der Waals surface area contributed by atoms with E-state index in [1.54, 1.807) is 29.6 Å². The number of benzene rings is 2. The second kappa shape index (κ2) is 10.3. The van der Waals surface area contributed by atoms with Crippen molar-refractivity contribution in [1.29, 1.82) is 0 Å². The fourth-order valence-electron chi connectivity index (χ4n) is 2.61. The quantitative estimate of drug-likeness (QED) is 0.257. The van der Waals surface area contributed by atoms with E-state index in [4.69, 9.17) is 11.6 Å². The molecule has 1 heterocycles. The molecule has 0 radical (unpaired) electrons. The Kier molecular flexibility index (Phi) is 7.77. The van der Waals surface area contributed by atoms with E-state index in [1.165, 1.54) is 23.5 Å². The van der Waals surface area contributed by atoms with Crippen molar-refractivity contribution in [3.05, 3.63) is 62.4 Å². The van der Waals surface area contributed by atoms with Crippen LogP contribution in [0.5, 0.6) is 0 Å². The van der Waals surface area contributed by atoms with Crippen LogP contribution in [0.2, 0.25) is 5.02 Å². The fraction of sp³-hybridized carbons (Fsp3) is 0.263. The summed E-state index contributed by atoms with van der Waals surface area (Å²) in [7, 11) is 0. The highest BCUT2D eigenvalue weighted by Gasteiger charge is 2.12. The lowest BCUT2D eigenvalue weighted by atomic mass is 10.3. The van der Waals surface area contributed by atoms with Crippen LogP contribution in [0.4, 0.5) is 5.69 Å². The van der Waals surface area contributed by atoms with Crippen molar-refractivity contribution in [2.75, 3.05) is 17.8 Å². The Morgan fingerprint density at radius 3 is 2.69 bits per heavy atom. The SMILES string of the molecule is CSCCn1c(=NC(=O)CCSc2ccc(Cl)cc2)sc2cc([N+](=O)[O-])ccc21. The highest BCUT2D eigenvalue weighted by Crippen LogP contribution is 2.24. The molecule has 29 heavy (non-hydrogen) atoms. The number of thiazole rings is 1. The molecule has 0 bridgehead atoms. The standard InChI is InChI=1S/C19H18ClN3O3S3/c1-27-11-9-22-16-7-4-14(23(25)26)12-17(16)29-19(22)21-18(24)8-10-28-15-5-2-13(20)3-6-15/h2-7,12H,8-11H2,1H3. The Balaban J connectivity index is 1.79. The Morgan fingerprint density at radius 1 is 1.24 bits per heavy atom. The minimum absolute atomic E-state index is 0.0352. The number of carbonyl (C=O) groups is 1. The lowest BCUT2D eigenvalue weighted by Gasteiger charge is -2.03. The molecule has 0 atom stereocenters. The van der Waals surface area contributed by atoms with Crippen LogP contribution >= 0.6 is 46.5 Å². The molecule has 0 N–H and O–H groups in total. The van der Waals surface area contributed by atoms with Crippen molar-refractivity contribution in [3.8, 4) is 0 Å². The van der Waals surface area contributed by atoms with Gasteiger partial charge in [-0.3, -0.25) is 14.9 Å². The van der Waals surface area contributed by atoms with Crippen LogP contribution in [0.15, 0.2) is 52.4 Å². The van der Waals surface area contributed by atoms with Gasteiger partial charge in [0, 0.05) is 46.5 Å². The third-order valence-electron chi connectivity index (χ3n) is 4.01. The number of nitro benzene ring substituents is 1. The summed E-state index contributed by atoms with van der Waals surface area (Å²) in [6.07, 6.45) is 2.32. The molecule has 1 amide bonds. The minimum atomic E-state index is -0.415. The van der Waals surface area contributed by atoms with Crippen molar-refractivity contribution in [2.45, 2.75) is 17.9 Å². The number of carbonyl (C=O) groups excluding carboxylic acids is 1. The molecule has 0 aliphatic carbocycles. The third-order valence-corrected chi connectivity index (χ3v) is 6.91. The summed E-state index contributed by atoms with van der Waals surface area (Å²) < 4.78 is 2.71. The maximum atomic E-state index is 12.4. The van der Waals surface area contributed by atoms with Gasteiger partial charge < -0.3 is 4.57 Å². The topological polar surface area (TPSA) is 77.5 Å². The summed E-state index contributed by atoms with van der Waals surface area (Å²) in [5.41, 5.74) is 0.893. The van der Waals surface area contributed by atoms with Crippen LogP contribution in [-0.2, 0) is 11.3 Å². The minimum Gasteiger partial charge on any atom is -0.316 e. The highest BCUT2D eigenvalue weighted by molar-refractivity contribution is 7.99. The molecule has 1 aromatic heterocycles. The van der Waals surface area contributed by atoms with Gasteiger partial charge in [-0.1, -0.05) is 22.9 Å². The molecule has 3 rings (SSSR count). The number of aromatic nitrogens is 1. The van der Waals surface area contributed by atoms with Gasteiger partial charge in [-0.05, 0) is 36.6 Å². The summed E-state index contributed by atoms with van der Waals surface area (Å²) in [6.45, 7) is 0.685. The fourth-order valence-corrected chi connectivity index (χ4v) is 5.05. The molecule has 0 saturated carbocycles. The molecule has 2 aromatic carbocycles. The first-order valence-corrected chi connectivity index (χ1v) is 12.3. The van der Waals surface area contributed by atoms with Crippen molar-refractivity contribution in [2.24, 2.45) is 4.99 Å². The normalized spacial score (nSPS) is 11.9. The van der Waals surface area contributed by atoms with Crippen molar-refractivity contribution < 1.29 is 9.72 Å². The molecule has 3 aromatic rings. The summed E-state index contributed by atoms with van der Waals surface area (Å²) in [4.78, 5) is 29.0. The van der Waals surface area contributed by atoms with E-state index in [2.05, 4.69) is 4.99 Å². The number of nitro groups is 1. The first-order valence-electron chi connectivity index (χ1n) is 8.70. The molecule has 0 spiro atoms. The summed E-state index contributed by atoms with van der Waals surface area (Å²) >= 11 is 10.5. The predicted octanol–water partition coefficient (Wildman–Crippen LogP) is 5.24. The van der Waals surface area contributed by atoms with Gasteiger partial charge >= 0.3 is 0 Å². The average molecular weight is 468 g/mol. The number of nitrogens with zero attached hydrogens (tertiary/aromatic N) is 3. The average Bonchev–Trinajstić information content (AvgIpc) is 3.03. The van der Waals surface area contributed by atoms with Crippen LogP contribution < -0.4 is 4.80 Å². The van der Waals surface area contributed by atoms with E-state index in [9.17, 15) is 14.9 Å². The number of fused-ring (bicyclic) bond motifs is 1. The Morgan fingerprint density at radius 2 is 2.00 bits per heavy atom. The highest BCUT2D eigenvalue weighted by atomic mass is 35.5. The second-order valence-electron chi connectivity index (χ2n) is 6.00. The van der Waals surface area contributed by atoms with Crippen molar-refractivity contribution in [1.82, 2.24) is 4.57 Å². The van der Waals surface area contributed by atoms with Gasteiger partial charge in [0.25, 0.3) is 5.69 Å². The molecule has 0 fully saturated rings. The summed E-state index contributed by atoms with van der Waals surface area (Å²) in [6, 6.07) is 12.2. The Hall–Kier alpha value is -1.81. The molecule has 152 valence electrons. The van der Waals surface area contributed by atoms with E-state index in [1.807, 2.05) is 35.1 Å². The largest absolute Gasteiger partial charge is 0.316 e. The summed E-state index contributed by atoms with van der Waals surface area (Å²) in [5, 5.41) is 11.7. The van der Waals surface area contributed by atoms with Crippen molar-refractivity contribution >= 4 is 68.3 Å². The molecule has 0 aliphatic heterocycles. The molecular formula is C19H18ClN3O3S3.